The molecule has 88 valence electrons. The number of nitrogens with zero attached hydrogens (tertiary/aromatic N) is 1. The number of hydrogen-bond acceptors (Lipinski definition) is 2. The third-order valence-electron chi connectivity index (χ3n) is 3.29. The van der Waals surface area contributed by atoms with Crippen LogP contribution in [0.2, 0.25) is 0 Å². The van der Waals surface area contributed by atoms with Gasteiger partial charge < -0.3 is 10.6 Å². The molecule has 0 aliphatic carbocycles. The Morgan fingerprint density at radius 3 is 2.75 bits per heavy atom. The fraction of sp³-hybridized carbons (Fsp3) is 0.538. The van der Waals surface area contributed by atoms with Crippen molar-refractivity contribution in [3.63, 3.8) is 0 Å². The van der Waals surface area contributed by atoms with Crippen LogP contribution in [-0.4, -0.2) is 19.6 Å². The molecule has 3 heteroatoms. The molecule has 0 spiro atoms. The monoisotopic (exact) mass is 222 g/mol. The average molecular weight is 222 g/mol. The molecule has 0 saturated carbocycles. The second kappa shape index (κ2) is 5.30. The Morgan fingerprint density at radius 2 is 2.06 bits per heavy atom. The van der Waals surface area contributed by atoms with Gasteiger partial charge in [0.05, 0.1) is 0 Å². The minimum atomic E-state index is -0.167. The Labute approximate surface area is 96.2 Å². The van der Waals surface area contributed by atoms with Crippen molar-refractivity contribution in [1.29, 1.82) is 0 Å². The quantitative estimate of drug-likeness (QED) is 0.851. The van der Waals surface area contributed by atoms with Crippen molar-refractivity contribution in [2.24, 2.45) is 11.7 Å². The van der Waals surface area contributed by atoms with Crippen LogP contribution in [0, 0.1) is 11.7 Å². The molecule has 1 aliphatic heterocycles. The Morgan fingerprint density at radius 1 is 1.31 bits per heavy atom. The van der Waals surface area contributed by atoms with Gasteiger partial charge in [0.1, 0.15) is 5.82 Å². The molecule has 1 aromatic rings. The van der Waals surface area contributed by atoms with Crippen molar-refractivity contribution >= 4 is 5.69 Å². The first-order chi connectivity index (χ1) is 7.79. The van der Waals surface area contributed by atoms with E-state index in [0.717, 1.165) is 31.7 Å². The van der Waals surface area contributed by atoms with E-state index in [-0.39, 0.29) is 5.82 Å². The Hall–Kier alpha value is -1.09. The van der Waals surface area contributed by atoms with Crippen molar-refractivity contribution in [3.05, 3.63) is 30.1 Å². The van der Waals surface area contributed by atoms with Crippen LogP contribution in [0.25, 0.3) is 0 Å². The van der Waals surface area contributed by atoms with Gasteiger partial charge in [0, 0.05) is 18.8 Å². The molecule has 1 atom stereocenters. The van der Waals surface area contributed by atoms with E-state index in [9.17, 15) is 4.39 Å². The molecule has 1 heterocycles. The predicted octanol–water partition coefficient (Wildman–Crippen LogP) is 2.39. The Balaban J connectivity index is 2.01. The van der Waals surface area contributed by atoms with E-state index in [2.05, 4.69) is 4.90 Å². The highest BCUT2D eigenvalue weighted by molar-refractivity contribution is 5.46. The molecule has 1 fully saturated rings. The van der Waals surface area contributed by atoms with E-state index in [0.29, 0.717) is 5.92 Å². The fourth-order valence-electron chi connectivity index (χ4n) is 2.42. The van der Waals surface area contributed by atoms with Gasteiger partial charge in [-0.25, -0.2) is 4.39 Å². The van der Waals surface area contributed by atoms with E-state index in [4.69, 9.17) is 5.73 Å². The van der Waals surface area contributed by atoms with Crippen LogP contribution in [0.15, 0.2) is 24.3 Å². The summed E-state index contributed by atoms with van der Waals surface area (Å²) in [5.74, 6) is 0.531. The fourth-order valence-corrected chi connectivity index (χ4v) is 2.42. The summed E-state index contributed by atoms with van der Waals surface area (Å²) in [5, 5.41) is 0. The normalized spacial score (nSPS) is 21.1. The summed E-state index contributed by atoms with van der Waals surface area (Å²) >= 11 is 0. The summed E-state index contributed by atoms with van der Waals surface area (Å²) in [6.07, 6.45) is 3.58. The molecule has 2 N–H and O–H groups in total. The molecule has 0 amide bonds. The standard InChI is InChI=1S/C13H19FN2/c14-12-3-5-13(6-4-12)16-9-1-2-11(10-16)7-8-15/h3-6,11H,1-2,7-10,15H2. The van der Waals surface area contributed by atoms with Crippen molar-refractivity contribution < 1.29 is 4.39 Å². The van der Waals surface area contributed by atoms with E-state index in [1.807, 2.05) is 12.1 Å². The van der Waals surface area contributed by atoms with Crippen LogP contribution >= 0.6 is 0 Å². The number of nitrogens with two attached hydrogens (primary N) is 1. The lowest BCUT2D eigenvalue weighted by Crippen LogP contribution is -2.36. The maximum atomic E-state index is 12.8. The van der Waals surface area contributed by atoms with Crippen molar-refractivity contribution in [2.45, 2.75) is 19.3 Å². The first kappa shape index (κ1) is 11.4. The van der Waals surface area contributed by atoms with Crippen molar-refractivity contribution in [1.82, 2.24) is 0 Å². The summed E-state index contributed by atoms with van der Waals surface area (Å²) in [7, 11) is 0. The molecule has 2 nitrogen and oxygen atoms in total. The maximum absolute atomic E-state index is 12.8. The number of benzene rings is 1. The summed E-state index contributed by atoms with van der Waals surface area (Å²) in [6, 6.07) is 6.78. The largest absolute Gasteiger partial charge is 0.371 e. The van der Waals surface area contributed by atoms with Crippen molar-refractivity contribution in [3.8, 4) is 0 Å². The average Bonchev–Trinajstić information content (AvgIpc) is 2.31. The van der Waals surface area contributed by atoms with Crippen LogP contribution < -0.4 is 10.6 Å². The van der Waals surface area contributed by atoms with Crippen LogP contribution in [-0.2, 0) is 0 Å². The van der Waals surface area contributed by atoms with Gasteiger partial charge in [-0.2, -0.15) is 0 Å². The molecule has 16 heavy (non-hydrogen) atoms. The molecule has 2 rings (SSSR count). The highest BCUT2D eigenvalue weighted by Crippen LogP contribution is 2.24. The highest BCUT2D eigenvalue weighted by Gasteiger charge is 2.19. The smallest absolute Gasteiger partial charge is 0.123 e. The van der Waals surface area contributed by atoms with Gasteiger partial charge in [0.2, 0.25) is 0 Å². The van der Waals surface area contributed by atoms with Crippen molar-refractivity contribution in [2.75, 3.05) is 24.5 Å². The lowest BCUT2D eigenvalue weighted by atomic mass is 9.94. The Bertz CT molecular complexity index is 321. The van der Waals surface area contributed by atoms with Gasteiger partial charge in [0.25, 0.3) is 0 Å². The van der Waals surface area contributed by atoms with Gasteiger partial charge >= 0.3 is 0 Å². The minimum absolute atomic E-state index is 0.167. The Kier molecular flexibility index (Phi) is 3.78. The number of rotatable bonds is 3. The van der Waals surface area contributed by atoms with Gasteiger partial charge in [-0.05, 0) is 56.0 Å². The number of hydrogen-bond donors (Lipinski definition) is 1. The van der Waals surface area contributed by atoms with Crippen LogP contribution in [0.1, 0.15) is 19.3 Å². The molecule has 1 unspecified atom stereocenters. The maximum Gasteiger partial charge on any atom is 0.123 e. The lowest BCUT2D eigenvalue weighted by molar-refractivity contribution is 0.396. The van der Waals surface area contributed by atoms with Gasteiger partial charge in [0.15, 0.2) is 0 Å². The zero-order chi connectivity index (χ0) is 11.4. The second-order valence-electron chi connectivity index (χ2n) is 4.51. The first-order valence-electron chi connectivity index (χ1n) is 6.00. The zero-order valence-electron chi connectivity index (χ0n) is 9.53. The van der Waals surface area contributed by atoms with E-state index in [1.54, 1.807) is 0 Å². The highest BCUT2D eigenvalue weighted by atomic mass is 19.1. The number of anilines is 1. The van der Waals surface area contributed by atoms with E-state index < -0.39 is 0 Å². The zero-order valence-corrected chi connectivity index (χ0v) is 9.53. The van der Waals surface area contributed by atoms with Gasteiger partial charge in [-0.15, -0.1) is 0 Å². The molecule has 0 radical (unpaired) electrons. The van der Waals surface area contributed by atoms with E-state index >= 15 is 0 Å². The number of piperidine rings is 1. The molecular weight excluding hydrogens is 203 g/mol. The summed E-state index contributed by atoms with van der Waals surface area (Å²) < 4.78 is 12.8. The second-order valence-corrected chi connectivity index (χ2v) is 4.51. The minimum Gasteiger partial charge on any atom is -0.371 e. The van der Waals surface area contributed by atoms with Crippen LogP contribution in [0.4, 0.5) is 10.1 Å². The van der Waals surface area contributed by atoms with Crippen LogP contribution in [0.3, 0.4) is 0 Å². The lowest BCUT2D eigenvalue weighted by Gasteiger charge is -2.34. The third-order valence-corrected chi connectivity index (χ3v) is 3.29. The first-order valence-corrected chi connectivity index (χ1v) is 6.00. The number of halogens is 1. The van der Waals surface area contributed by atoms with Gasteiger partial charge in [-0.1, -0.05) is 0 Å². The predicted molar refractivity (Wildman–Crippen MR) is 65.0 cm³/mol. The summed E-state index contributed by atoms with van der Waals surface area (Å²) in [6.45, 7) is 2.90. The molecule has 1 aliphatic rings. The molecular formula is C13H19FN2. The SMILES string of the molecule is NCCC1CCCN(c2ccc(F)cc2)C1. The summed E-state index contributed by atoms with van der Waals surface area (Å²) in [5.41, 5.74) is 6.72. The summed E-state index contributed by atoms with van der Waals surface area (Å²) in [4.78, 5) is 2.34. The molecule has 0 aromatic heterocycles. The molecule has 0 bridgehead atoms. The third kappa shape index (κ3) is 2.73. The van der Waals surface area contributed by atoms with E-state index in [1.165, 1.54) is 25.0 Å². The molecule has 1 saturated heterocycles. The topological polar surface area (TPSA) is 29.3 Å². The van der Waals surface area contributed by atoms with Gasteiger partial charge in [-0.3, -0.25) is 0 Å². The van der Waals surface area contributed by atoms with Crippen LogP contribution in [0.5, 0.6) is 0 Å². The molecule has 1 aromatic carbocycles.